The monoisotopic (exact) mass is 225 g/mol. The second kappa shape index (κ2) is 5.61. The molecule has 0 aromatic heterocycles. The molecular formula is C12H16FNO2. The van der Waals surface area contributed by atoms with Gasteiger partial charge in [-0.2, -0.15) is 0 Å². The summed E-state index contributed by atoms with van der Waals surface area (Å²) in [5, 5.41) is 11.8. The van der Waals surface area contributed by atoms with Gasteiger partial charge in [0.05, 0.1) is 5.92 Å². The quantitative estimate of drug-likeness (QED) is 0.806. The van der Waals surface area contributed by atoms with Crippen molar-refractivity contribution in [2.75, 3.05) is 0 Å². The fourth-order valence-electron chi connectivity index (χ4n) is 1.30. The molecule has 1 aromatic rings. The van der Waals surface area contributed by atoms with Crippen LogP contribution in [0.15, 0.2) is 24.3 Å². The van der Waals surface area contributed by atoms with Gasteiger partial charge in [-0.1, -0.05) is 25.1 Å². The average molecular weight is 225 g/mol. The number of benzene rings is 1. The van der Waals surface area contributed by atoms with Crippen LogP contribution in [-0.2, 0) is 11.3 Å². The Morgan fingerprint density at radius 3 is 2.62 bits per heavy atom. The lowest BCUT2D eigenvalue weighted by Crippen LogP contribution is -2.35. The third kappa shape index (κ3) is 3.31. The fourth-order valence-corrected chi connectivity index (χ4v) is 1.30. The van der Waals surface area contributed by atoms with E-state index in [9.17, 15) is 9.18 Å². The fraction of sp³-hybridized carbons (Fsp3) is 0.417. The van der Waals surface area contributed by atoms with Crippen LogP contribution in [-0.4, -0.2) is 17.1 Å². The van der Waals surface area contributed by atoms with Gasteiger partial charge in [0.1, 0.15) is 5.82 Å². The van der Waals surface area contributed by atoms with Crippen LogP contribution in [0, 0.1) is 11.7 Å². The molecule has 0 bridgehead atoms. The Morgan fingerprint density at radius 2 is 2.06 bits per heavy atom. The highest BCUT2D eigenvalue weighted by atomic mass is 19.1. The molecule has 2 N–H and O–H groups in total. The molecule has 1 rings (SSSR count). The summed E-state index contributed by atoms with van der Waals surface area (Å²) in [5.41, 5.74) is 0.548. The van der Waals surface area contributed by atoms with Gasteiger partial charge in [-0.15, -0.1) is 0 Å². The van der Waals surface area contributed by atoms with Crippen LogP contribution in [0.5, 0.6) is 0 Å². The summed E-state index contributed by atoms with van der Waals surface area (Å²) in [6.07, 6.45) is 0. The number of carbonyl (C=O) groups is 1. The van der Waals surface area contributed by atoms with Gasteiger partial charge >= 0.3 is 5.97 Å². The standard InChI is InChI=1S/C12H16FNO2/c1-8(12(15)16)9(2)14-7-10-5-3-4-6-11(10)13/h3-6,8-9,14H,7H2,1-2H3,(H,15,16)/t8-,9+/m0/s1. The van der Waals surface area contributed by atoms with Crippen LogP contribution in [0.3, 0.4) is 0 Å². The Morgan fingerprint density at radius 1 is 1.44 bits per heavy atom. The van der Waals surface area contributed by atoms with Gasteiger partial charge in [0.25, 0.3) is 0 Å². The predicted molar refractivity (Wildman–Crippen MR) is 59.5 cm³/mol. The van der Waals surface area contributed by atoms with Gasteiger partial charge in [0.2, 0.25) is 0 Å². The molecule has 0 saturated carbocycles. The van der Waals surface area contributed by atoms with E-state index in [2.05, 4.69) is 5.32 Å². The largest absolute Gasteiger partial charge is 0.481 e. The molecule has 88 valence electrons. The zero-order valence-corrected chi connectivity index (χ0v) is 9.40. The first-order chi connectivity index (χ1) is 7.52. The van der Waals surface area contributed by atoms with E-state index in [1.807, 2.05) is 0 Å². The van der Waals surface area contributed by atoms with Crippen LogP contribution in [0.1, 0.15) is 19.4 Å². The van der Waals surface area contributed by atoms with Gasteiger partial charge in [-0.3, -0.25) is 4.79 Å². The van der Waals surface area contributed by atoms with E-state index in [1.54, 1.807) is 32.0 Å². The van der Waals surface area contributed by atoms with E-state index in [-0.39, 0.29) is 11.9 Å². The molecule has 0 aliphatic rings. The van der Waals surface area contributed by atoms with Crippen molar-refractivity contribution >= 4 is 5.97 Å². The number of aliphatic carboxylic acids is 1. The topological polar surface area (TPSA) is 49.3 Å². The number of hydrogen-bond acceptors (Lipinski definition) is 2. The maximum absolute atomic E-state index is 13.2. The Hall–Kier alpha value is -1.42. The molecule has 0 saturated heterocycles. The zero-order chi connectivity index (χ0) is 12.1. The lowest BCUT2D eigenvalue weighted by Gasteiger charge is -2.17. The van der Waals surface area contributed by atoms with Crippen molar-refractivity contribution in [3.8, 4) is 0 Å². The Kier molecular flexibility index (Phi) is 4.43. The molecular weight excluding hydrogens is 209 g/mol. The molecule has 4 heteroatoms. The van der Waals surface area contributed by atoms with Crippen molar-refractivity contribution in [3.05, 3.63) is 35.6 Å². The highest BCUT2D eigenvalue weighted by molar-refractivity contribution is 5.70. The maximum Gasteiger partial charge on any atom is 0.307 e. The number of hydrogen-bond donors (Lipinski definition) is 2. The van der Waals surface area contributed by atoms with Crippen LogP contribution < -0.4 is 5.32 Å². The van der Waals surface area contributed by atoms with Crippen LogP contribution in [0.25, 0.3) is 0 Å². The van der Waals surface area contributed by atoms with Crippen molar-refractivity contribution in [1.82, 2.24) is 5.32 Å². The molecule has 0 aliphatic carbocycles. The van der Waals surface area contributed by atoms with E-state index >= 15 is 0 Å². The van der Waals surface area contributed by atoms with Gasteiger partial charge in [0.15, 0.2) is 0 Å². The SMILES string of the molecule is C[C@H](C(=O)O)[C@@H](C)NCc1ccccc1F. The second-order valence-corrected chi connectivity index (χ2v) is 3.89. The first-order valence-corrected chi connectivity index (χ1v) is 5.22. The predicted octanol–water partition coefficient (Wildman–Crippen LogP) is 2.02. The van der Waals surface area contributed by atoms with Crippen molar-refractivity contribution in [2.45, 2.75) is 26.4 Å². The summed E-state index contributed by atoms with van der Waals surface area (Å²) in [5.74, 6) is -1.62. The molecule has 0 radical (unpaired) electrons. The van der Waals surface area contributed by atoms with E-state index in [1.165, 1.54) is 6.07 Å². The zero-order valence-electron chi connectivity index (χ0n) is 9.40. The number of nitrogens with one attached hydrogen (secondary N) is 1. The highest BCUT2D eigenvalue weighted by Gasteiger charge is 2.18. The summed E-state index contributed by atoms with van der Waals surface area (Å²) in [6, 6.07) is 6.26. The Labute approximate surface area is 94.3 Å². The van der Waals surface area contributed by atoms with Crippen LogP contribution >= 0.6 is 0 Å². The molecule has 3 nitrogen and oxygen atoms in total. The summed E-state index contributed by atoms with van der Waals surface area (Å²) in [6.45, 7) is 3.74. The molecule has 0 aliphatic heterocycles. The van der Waals surface area contributed by atoms with Gasteiger partial charge in [-0.05, 0) is 13.0 Å². The van der Waals surface area contributed by atoms with Crippen molar-refractivity contribution in [3.63, 3.8) is 0 Å². The number of halogens is 1. The summed E-state index contributed by atoms with van der Waals surface area (Å²) in [4.78, 5) is 10.7. The third-order valence-electron chi connectivity index (χ3n) is 2.71. The molecule has 0 spiro atoms. The lowest BCUT2D eigenvalue weighted by atomic mass is 10.0. The first kappa shape index (κ1) is 12.6. The summed E-state index contributed by atoms with van der Waals surface area (Å²) in [7, 11) is 0. The molecule has 1 aromatic carbocycles. The third-order valence-corrected chi connectivity index (χ3v) is 2.71. The second-order valence-electron chi connectivity index (χ2n) is 3.89. The minimum absolute atomic E-state index is 0.197. The van der Waals surface area contributed by atoms with Crippen LogP contribution in [0.2, 0.25) is 0 Å². The minimum Gasteiger partial charge on any atom is -0.481 e. The molecule has 0 unspecified atom stereocenters. The molecule has 0 amide bonds. The number of carboxylic acids is 1. The molecule has 0 fully saturated rings. The van der Waals surface area contributed by atoms with E-state index in [0.717, 1.165) is 0 Å². The van der Waals surface area contributed by atoms with Crippen molar-refractivity contribution < 1.29 is 14.3 Å². The molecule has 0 heterocycles. The molecule has 16 heavy (non-hydrogen) atoms. The van der Waals surface area contributed by atoms with Crippen molar-refractivity contribution in [1.29, 1.82) is 0 Å². The molecule has 2 atom stereocenters. The van der Waals surface area contributed by atoms with Crippen molar-refractivity contribution in [2.24, 2.45) is 5.92 Å². The number of rotatable bonds is 5. The maximum atomic E-state index is 13.2. The minimum atomic E-state index is -0.853. The van der Waals surface area contributed by atoms with Gasteiger partial charge in [0, 0.05) is 18.2 Å². The summed E-state index contributed by atoms with van der Waals surface area (Å²) < 4.78 is 13.2. The van der Waals surface area contributed by atoms with Crippen LogP contribution in [0.4, 0.5) is 4.39 Å². The summed E-state index contributed by atoms with van der Waals surface area (Å²) >= 11 is 0. The van der Waals surface area contributed by atoms with Gasteiger partial charge in [-0.25, -0.2) is 4.39 Å². The highest BCUT2D eigenvalue weighted by Crippen LogP contribution is 2.08. The normalized spacial score (nSPS) is 14.4. The van der Waals surface area contributed by atoms with E-state index in [4.69, 9.17) is 5.11 Å². The lowest BCUT2D eigenvalue weighted by molar-refractivity contribution is -0.141. The van der Waals surface area contributed by atoms with E-state index in [0.29, 0.717) is 12.1 Å². The van der Waals surface area contributed by atoms with Gasteiger partial charge < -0.3 is 10.4 Å². The first-order valence-electron chi connectivity index (χ1n) is 5.22. The smallest absolute Gasteiger partial charge is 0.307 e. The Balaban J connectivity index is 2.52. The Bertz CT molecular complexity index is 368. The average Bonchev–Trinajstić information content (AvgIpc) is 2.26. The number of carboxylic acid groups (broad SMARTS) is 1. The van der Waals surface area contributed by atoms with E-state index < -0.39 is 11.9 Å².